The first-order valence-electron chi connectivity index (χ1n) is 11.3. The zero-order valence-corrected chi connectivity index (χ0v) is 19.9. The summed E-state index contributed by atoms with van der Waals surface area (Å²) in [5.74, 6) is 1.47. The van der Waals surface area contributed by atoms with Gasteiger partial charge in [-0.3, -0.25) is 0 Å². The number of hydrogen-bond donors (Lipinski definition) is 2. The molecule has 8 nitrogen and oxygen atoms in total. The Labute approximate surface area is 197 Å². The Bertz CT molecular complexity index is 1140. The summed E-state index contributed by atoms with van der Waals surface area (Å²) in [4.78, 5) is 23.5. The Morgan fingerprint density at radius 3 is 2.70 bits per heavy atom. The van der Waals surface area contributed by atoms with Crippen LogP contribution in [0, 0.1) is 0 Å². The van der Waals surface area contributed by atoms with Crippen LogP contribution in [0.5, 0.6) is 0 Å². The topological polar surface area (TPSA) is 88.6 Å². The van der Waals surface area contributed by atoms with Crippen molar-refractivity contribution in [2.45, 2.75) is 51.4 Å². The van der Waals surface area contributed by atoms with Crippen LogP contribution in [0.15, 0.2) is 35.7 Å². The molecule has 1 aliphatic heterocycles. The lowest BCUT2D eigenvalue weighted by molar-refractivity contribution is -0.0432. The number of amides is 1. The number of rotatable bonds is 5. The van der Waals surface area contributed by atoms with Gasteiger partial charge in [0, 0.05) is 18.3 Å². The molecule has 1 saturated carbocycles. The van der Waals surface area contributed by atoms with Crippen molar-refractivity contribution in [3.05, 3.63) is 41.3 Å². The normalized spacial score (nSPS) is 18.9. The third kappa shape index (κ3) is 5.36. The lowest BCUT2D eigenvalue weighted by Gasteiger charge is -2.34. The highest BCUT2D eigenvalue weighted by Crippen LogP contribution is 2.32. The molecule has 1 atom stereocenters. The number of benzene rings is 1. The summed E-state index contributed by atoms with van der Waals surface area (Å²) in [5.41, 5.74) is 2.33. The fourth-order valence-corrected chi connectivity index (χ4v) is 4.48. The summed E-state index contributed by atoms with van der Waals surface area (Å²) in [6.45, 7) is 7.10. The van der Waals surface area contributed by atoms with E-state index < -0.39 is 5.60 Å². The number of carbonyl (C=O) groups excluding carboxylic acids is 1. The van der Waals surface area contributed by atoms with Crippen molar-refractivity contribution in [1.29, 1.82) is 0 Å². The summed E-state index contributed by atoms with van der Waals surface area (Å²) in [6, 6.07) is 10.5. The van der Waals surface area contributed by atoms with Gasteiger partial charge in [0.15, 0.2) is 0 Å². The van der Waals surface area contributed by atoms with E-state index in [-0.39, 0.29) is 12.2 Å². The van der Waals surface area contributed by atoms with E-state index in [1.165, 1.54) is 12.8 Å². The van der Waals surface area contributed by atoms with Crippen LogP contribution in [-0.4, -0.2) is 52.3 Å². The maximum atomic E-state index is 12.4. The van der Waals surface area contributed by atoms with Crippen LogP contribution in [0.2, 0.25) is 0 Å². The van der Waals surface area contributed by atoms with E-state index in [0.717, 1.165) is 27.3 Å². The first-order chi connectivity index (χ1) is 15.8. The highest BCUT2D eigenvalue weighted by molar-refractivity contribution is 7.17. The monoisotopic (exact) mass is 467 g/mol. The molecule has 5 rings (SSSR count). The number of aromatic nitrogens is 2. The molecule has 33 heavy (non-hydrogen) atoms. The fourth-order valence-electron chi connectivity index (χ4n) is 3.69. The molecule has 2 fully saturated rings. The minimum atomic E-state index is -0.514. The quantitative estimate of drug-likeness (QED) is 0.525. The maximum absolute atomic E-state index is 12.4. The number of anilines is 3. The Morgan fingerprint density at radius 1 is 1.18 bits per heavy atom. The lowest BCUT2D eigenvalue weighted by atomic mass is 10.1. The molecule has 2 N–H and O–H groups in total. The number of ether oxygens (including phenoxy) is 2. The summed E-state index contributed by atoms with van der Waals surface area (Å²) >= 11 is 1.66. The van der Waals surface area contributed by atoms with Gasteiger partial charge in [-0.15, -0.1) is 11.3 Å². The smallest absolute Gasteiger partial charge is 0.410 e. The third-order valence-corrected chi connectivity index (χ3v) is 6.39. The van der Waals surface area contributed by atoms with Crippen molar-refractivity contribution in [3.63, 3.8) is 0 Å². The molecule has 1 saturated heterocycles. The number of carbonyl (C=O) groups is 1. The van der Waals surface area contributed by atoms with Crippen LogP contribution in [0.3, 0.4) is 0 Å². The number of nitrogens with one attached hydrogen (secondary N) is 2. The number of fused-ring (bicyclic) bond motifs is 1. The van der Waals surface area contributed by atoms with Gasteiger partial charge in [0.25, 0.3) is 0 Å². The predicted octanol–water partition coefficient (Wildman–Crippen LogP) is 5.32. The van der Waals surface area contributed by atoms with Gasteiger partial charge in [0.2, 0.25) is 5.95 Å². The average Bonchev–Trinajstić information content (AvgIpc) is 3.46. The van der Waals surface area contributed by atoms with Crippen molar-refractivity contribution in [3.8, 4) is 0 Å². The molecule has 0 radical (unpaired) electrons. The van der Waals surface area contributed by atoms with Gasteiger partial charge < -0.3 is 25.0 Å². The summed E-state index contributed by atoms with van der Waals surface area (Å²) < 4.78 is 12.5. The Balaban J connectivity index is 1.26. The van der Waals surface area contributed by atoms with Gasteiger partial charge >= 0.3 is 6.09 Å². The van der Waals surface area contributed by atoms with Crippen LogP contribution < -0.4 is 10.6 Å². The second-order valence-electron chi connectivity index (χ2n) is 9.48. The van der Waals surface area contributed by atoms with E-state index in [4.69, 9.17) is 14.5 Å². The Morgan fingerprint density at radius 2 is 1.97 bits per heavy atom. The zero-order valence-electron chi connectivity index (χ0n) is 19.1. The Hall–Kier alpha value is -2.91. The first kappa shape index (κ1) is 21.9. The Kier molecular flexibility index (Phi) is 5.84. The van der Waals surface area contributed by atoms with Gasteiger partial charge in [0.05, 0.1) is 23.4 Å². The van der Waals surface area contributed by atoms with Crippen molar-refractivity contribution in [1.82, 2.24) is 14.9 Å². The molecule has 0 spiro atoms. The third-order valence-electron chi connectivity index (χ3n) is 5.48. The average molecular weight is 468 g/mol. The maximum Gasteiger partial charge on any atom is 0.410 e. The number of hydrogen-bond acceptors (Lipinski definition) is 8. The van der Waals surface area contributed by atoms with Gasteiger partial charge in [-0.2, -0.15) is 4.98 Å². The second-order valence-corrected chi connectivity index (χ2v) is 10.4. The van der Waals surface area contributed by atoms with E-state index in [2.05, 4.69) is 15.6 Å². The second kappa shape index (κ2) is 8.79. The van der Waals surface area contributed by atoms with Gasteiger partial charge in [-0.25, -0.2) is 9.78 Å². The first-order valence-corrected chi connectivity index (χ1v) is 12.2. The van der Waals surface area contributed by atoms with E-state index in [1.807, 2.05) is 56.5 Å². The molecular formula is C24H29N5O3S. The van der Waals surface area contributed by atoms with E-state index in [0.29, 0.717) is 31.7 Å². The van der Waals surface area contributed by atoms with Crippen LogP contribution in [-0.2, 0) is 9.47 Å². The molecule has 3 aromatic rings. The van der Waals surface area contributed by atoms with Gasteiger partial charge in [-0.1, -0.05) is 12.1 Å². The van der Waals surface area contributed by atoms with Crippen molar-refractivity contribution in [2.75, 3.05) is 30.3 Å². The molecule has 0 bridgehead atoms. The molecule has 174 valence electrons. The van der Waals surface area contributed by atoms with Crippen LogP contribution in [0.1, 0.15) is 45.3 Å². The van der Waals surface area contributed by atoms with E-state index in [1.54, 1.807) is 16.2 Å². The number of thiophene rings is 1. The largest absolute Gasteiger partial charge is 0.444 e. The standard InChI is InChI=1S/C24H29N5O3S/c1-24(2,3)32-23(30)29-11-12-31-19(14-29)15-4-6-17(7-5-15)26-22-27-18-10-13-33-20(18)21(28-22)25-16-8-9-16/h4-7,10,13,16,19H,8-9,11-12,14H2,1-3H3,(H2,25,26,27,28). The van der Waals surface area contributed by atoms with Crippen molar-refractivity contribution < 1.29 is 14.3 Å². The van der Waals surface area contributed by atoms with Crippen molar-refractivity contribution >= 4 is 45.1 Å². The molecular weight excluding hydrogens is 438 g/mol. The highest BCUT2D eigenvalue weighted by atomic mass is 32.1. The summed E-state index contributed by atoms with van der Waals surface area (Å²) in [6.07, 6.45) is 1.89. The molecule has 2 aromatic heterocycles. The molecule has 9 heteroatoms. The van der Waals surface area contributed by atoms with Crippen LogP contribution >= 0.6 is 11.3 Å². The highest BCUT2D eigenvalue weighted by Gasteiger charge is 2.29. The molecule has 1 unspecified atom stereocenters. The van der Waals surface area contributed by atoms with Crippen LogP contribution in [0.4, 0.5) is 22.2 Å². The van der Waals surface area contributed by atoms with E-state index >= 15 is 0 Å². The van der Waals surface area contributed by atoms with Crippen molar-refractivity contribution in [2.24, 2.45) is 0 Å². The minimum absolute atomic E-state index is 0.187. The molecule has 1 aliphatic carbocycles. The van der Waals surface area contributed by atoms with E-state index in [9.17, 15) is 4.79 Å². The van der Waals surface area contributed by atoms with Gasteiger partial charge in [-0.05, 0) is 62.8 Å². The summed E-state index contributed by atoms with van der Waals surface area (Å²) in [7, 11) is 0. The number of nitrogens with zero attached hydrogens (tertiary/aromatic N) is 3. The number of morpholine rings is 1. The predicted molar refractivity (Wildman–Crippen MR) is 130 cm³/mol. The minimum Gasteiger partial charge on any atom is -0.444 e. The molecule has 3 heterocycles. The fraction of sp³-hybridized carbons (Fsp3) is 0.458. The van der Waals surface area contributed by atoms with Gasteiger partial charge in [0.1, 0.15) is 17.5 Å². The van der Waals surface area contributed by atoms with Crippen LogP contribution in [0.25, 0.3) is 10.2 Å². The zero-order chi connectivity index (χ0) is 23.0. The molecule has 1 amide bonds. The lowest BCUT2D eigenvalue weighted by Crippen LogP contribution is -2.44. The summed E-state index contributed by atoms with van der Waals surface area (Å²) in [5, 5.41) is 8.87. The SMILES string of the molecule is CC(C)(C)OC(=O)N1CCOC(c2ccc(Nc3nc(NC4CC4)c4sccc4n3)cc2)C1. The molecule has 1 aromatic carbocycles. The molecule has 2 aliphatic rings.